The average molecular weight is 1740 g/mol. The summed E-state index contributed by atoms with van der Waals surface area (Å²) in [4.78, 5) is 57.0. The van der Waals surface area contributed by atoms with Crippen molar-refractivity contribution in [2.45, 2.75) is 127 Å². The van der Waals surface area contributed by atoms with E-state index in [1.807, 2.05) is 142 Å². The summed E-state index contributed by atoms with van der Waals surface area (Å²) in [5.74, 6) is 0. The third-order valence-electron chi connectivity index (χ3n) is 21.2. The van der Waals surface area contributed by atoms with Crippen LogP contribution in [0.4, 0.5) is 14.4 Å². The number of benzene rings is 10. The maximum atomic E-state index is 12.8. The first-order chi connectivity index (χ1) is 54.0. The first-order valence-electron chi connectivity index (χ1n) is 38.3. The van der Waals surface area contributed by atoms with Gasteiger partial charge in [0.25, 0.3) is 0 Å². The summed E-state index contributed by atoms with van der Waals surface area (Å²) < 4.78 is 3.12. The second-order valence-electron chi connectivity index (χ2n) is 29.9. The lowest BCUT2D eigenvalue weighted by Crippen LogP contribution is -2.50. The molecule has 0 bridgehead atoms. The number of piperidine rings is 4. The number of hydrogen-bond acceptors (Lipinski definition) is 8. The van der Waals surface area contributed by atoms with E-state index in [2.05, 4.69) is 217 Å². The number of hydrogen-bond donors (Lipinski definition) is 6. The number of amides is 6. The maximum Gasteiger partial charge on any atom is 0.489 e. The van der Waals surface area contributed by atoms with E-state index in [-0.39, 0.29) is 34.3 Å². The topological polar surface area (TPSA) is 179 Å². The van der Waals surface area contributed by atoms with E-state index >= 15 is 0 Å². The van der Waals surface area contributed by atoms with Gasteiger partial charge in [0.05, 0.1) is 6.54 Å². The zero-order valence-corrected chi connectivity index (χ0v) is 70.6. The number of carbonyl (C=O) groups is 3. The molecule has 14 nitrogen and oxygen atoms in total. The normalized spacial score (nSPS) is 18.9. The van der Waals surface area contributed by atoms with Gasteiger partial charge in [0.15, 0.2) is 0 Å². The molecular formula is C92H102BBr3Cl2N8O6. The van der Waals surface area contributed by atoms with Gasteiger partial charge in [-0.05, 0) is 157 Å². The molecule has 4 heterocycles. The molecule has 10 aromatic carbocycles. The summed E-state index contributed by atoms with van der Waals surface area (Å²) in [6, 6.07) is 88.8. The summed E-state index contributed by atoms with van der Waals surface area (Å²) in [5.41, 5.74) is 12.6. The molecule has 0 radical (unpaired) electrons. The van der Waals surface area contributed by atoms with Crippen LogP contribution in [0.5, 0.6) is 0 Å². The highest BCUT2D eigenvalue weighted by atomic mass is 79.9. The lowest BCUT2D eigenvalue weighted by molar-refractivity contribution is 0.155. The standard InChI is InChI=1S/C26H27ClN2O.2C20H23BrN2O.C12H17N.C8H6BrNO.C6H6BClO2/c1-26(22-8-3-2-4-9-22)16-7-17-29(19-26)25(30)28-18-20-12-14-21(15-13-20)23-10-5-6-11-24(23)27;2*1-20(17-6-3-2-4-7-17)12-5-13-23(15-20)19(24)22-14-16-8-10-18(21)11-9-16;1-12(8-5-9-13-10-12)11-6-3-2-4-7-11;9-8-3-1-7(2-4-8)5-10-6-11;8-6-4-2-1-3-5(6)7(9)10/h2-6,8-15H,7,16-19H2,1H3,(H,28,30);2*2-4,6-11H,5,12-15H2,1H3,(H,22,24);2-4,6-7,13H,5,8-10H2,1H3;1-4H,5H2;1-4,9-10H. The summed E-state index contributed by atoms with van der Waals surface area (Å²) >= 11 is 22.1. The van der Waals surface area contributed by atoms with Gasteiger partial charge >= 0.3 is 25.2 Å². The molecule has 6 amide bonds. The molecule has 0 aliphatic carbocycles. The van der Waals surface area contributed by atoms with Crippen LogP contribution in [0.25, 0.3) is 11.1 Å². The van der Waals surface area contributed by atoms with Gasteiger partial charge in [0.1, 0.15) is 0 Å². The number of nitrogens with one attached hydrogen (secondary N) is 4. The Labute approximate surface area is 697 Å². The van der Waals surface area contributed by atoms with Crippen LogP contribution in [-0.2, 0) is 52.6 Å². The molecule has 584 valence electrons. The van der Waals surface area contributed by atoms with Crippen molar-refractivity contribution >= 4 is 108 Å². The SMILES string of the molecule is CC1(c2ccccc2)CCCN(C(=O)NCc2ccc(-c3ccccc3Cl)cc2)C1.CC1(c2ccccc2)CCCN(C(=O)NCc2ccc(Br)cc2)C1.CC1(c2ccccc2)CCCN(C(=O)NCc2ccc(Br)cc2)C1.CC1(c2ccccc2)CCCNC1.O=C=NCc1ccc(Br)cc1.OB(O)c1ccccc1Cl. The lowest BCUT2D eigenvalue weighted by atomic mass is 9.76. The third kappa shape index (κ3) is 27.0. The van der Waals surface area contributed by atoms with Crippen LogP contribution in [-0.4, -0.2) is 108 Å². The predicted octanol–water partition coefficient (Wildman–Crippen LogP) is 20.3. The number of urea groups is 3. The van der Waals surface area contributed by atoms with Crippen molar-refractivity contribution in [2.24, 2.45) is 4.99 Å². The first-order valence-corrected chi connectivity index (χ1v) is 41.4. The Kier molecular flexibility index (Phi) is 34.4. The van der Waals surface area contributed by atoms with Crippen LogP contribution in [0.15, 0.2) is 285 Å². The molecule has 4 fully saturated rings. The number of aliphatic imine (C=N–C) groups is 1. The van der Waals surface area contributed by atoms with Crippen LogP contribution in [0.3, 0.4) is 0 Å². The van der Waals surface area contributed by atoms with E-state index in [0.29, 0.717) is 42.1 Å². The van der Waals surface area contributed by atoms with E-state index in [9.17, 15) is 19.2 Å². The molecule has 0 aromatic heterocycles. The molecule has 4 saturated heterocycles. The van der Waals surface area contributed by atoms with Gasteiger partial charge in [-0.25, -0.2) is 24.2 Å². The summed E-state index contributed by atoms with van der Waals surface area (Å²) in [7, 11) is -1.48. The highest BCUT2D eigenvalue weighted by molar-refractivity contribution is 9.11. The molecule has 0 spiro atoms. The first kappa shape index (κ1) is 87.3. The van der Waals surface area contributed by atoms with E-state index in [0.717, 1.165) is 136 Å². The number of rotatable bonds is 14. The molecule has 20 heteroatoms. The molecule has 4 atom stereocenters. The van der Waals surface area contributed by atoms with Gasteiger partial charge in [-0.15, -0.1) is 0 Å². The van der Waals surface area contributed by atoms with Crippen LogP contribution in [0, 0.1) is 0 Å². The Morgan fingerprint density at radius 2 is 0.750 bits per heavy atom. The fourth-order valence-corrected chi connectivity index (χ4v) is 15.8. The van der Waals surface area contributed by atoms with Gasteiger partial charge in [-0.2, -0.15) is 0 Å². The molecule has 6 N–H and O–H groups in total. The maximum absolute atomic E-state index is 12.8. The lowest BCUT2D eigenvalue weighted by Gasteiger charge is -2.41. The zero-order chi connectivity index (χ0) is 79.8. The van der Waals surface area contributed by atoms with E-state index in [1.165, 1.54) is 47.7 Å². The minimum atomic E-state index is -1.48. The number of likely N-dealkylation sites (tertiary alicyclic amines) is 3. The summed E-state index contributed by atoms with van der Waals surface area (Å²) in [6.45, 7) is 18.2. The van der Waals surface area contributed by atoms with Crippen molar-refractivity contribution in [3.63, 3.8) is 0 Å². The molecule has 0 saturated carbocycles. The van der Waals surface area contributed by atoms with Crippen molar-refractivity contribution in [3.05, 3.63) is 335 Å². The monoisotopic (exact) mass is 1730 g/mol. The van der Waals surface area contributed by atoms with Crippen molar-refractivity contribution in [1.29, 1.82) is 0 Å². The van der Waals surface area contributed by atoms with Gasteiger partial charge < -0.3 is 46.0 Å². The van der Waals surface area contributed by atoms with Gasteiger partial charge in [-0.1, -0.05) is 317 Å². The predicted molar refractivity (Wildman–Crippen MR) is 469 cm³/mol. The van der Waals surface area contributed by atoms with Crippen LogP contribution < -0.4 is 26.7 Å². The Morgan fingerprint density at radius 3 is 1.08 bits per heavy atom. The highest BCUT2D eigenvalue weighted by Gasteiger charge is 2.37. The molecule has 14 rings (SSSR count). The quantitative estimate of drug-likeness (QED) is 0.0356. The minimum Gasteiger partial charge on any atom is -0.423 e. The van der Waals surface area contributed by atoms with Gasteiger partial charge in [0.2, 0.25) is 6.08 Å². The molecule has 112 heavy (non-hydrogen) atoms. The average Bonchev–Trinajstić information content (AvgIpc) is 0.824. The molecular weight excluding hydrogens is 1630 g/mol. The fourth-order valence-electron chi connectivity index (χ4n) is 14.6. The summed E-state index contributed by atoms with van der Waals surface area (Å²) in [5, 5.41) is 31.1. The third-order valence-corrected chi connectivity index (χ3v) is 23.4. The van der Waals surface area contributed by atoms with Crippen molar-refractivity contribution < 1.29 is 29.2 Å². The molecule has 4 unspecified atom stereocenters. The van der Waals surface area contributed by atoms with E-state index in [4.69, 9.17) is 33.2 Å². The zero-order valence-electron chi connectivity index (χ0n) is 64.3. The smallest absolute Gasteiger partial charge is 0.423 e. The molecule has 4 aliphatic heterocycles. The summed E-state index contributed by atoms with van der Waals surface area (Å²) in [6.07, 6.45) is 10.5. The number of isocyanates is 1. The van der Waals surface area contributed by atoms with E-state index < -0.39 is 7.12 Å². The minimum absolute atomic E-state index is 0.00652. The van der Waals surface area contributed by atoms with Gasteiger partial charge in [0, 0.05) is 122 Å². The molecule has 10 aromatic rings. The van der Waals surface area contributed by atoms with Crippen LogP contribution >= 0.6 is 71.0 Å². The van der Waals surface area contributed by atoms with Crippen LogP contribution in [0.1, 0.15) is 124 Å². The van der Waals surface area contributed by atoms with Crippen molar-refractivity contribution in [1.82, 2.24) is 36.0 Å². The Morgan fingerprint density at radius 1 is 0.429 bits per heavy atom. The van der Waals surface area contributed by atoms with E-state index in [1.54, 1.807) is 24.3 Å². The van der Waals surface area contributed by atoms with Gasteiger partial charge in [-0.3, -0.25) is 0 Å². The van der Waals surface area contributed by atoms with Crippen LogP contribution in [0.2, 0.25) is 10.0 Å². The fraction of sp³-hybridized carbons (Fsp3) is 0.304. The highest BCUT2D eigenvalue weighted by Crippen LogP contribution is 2.37. The largest absolute Gasteiger partial charge is 0.489 e. The number of halogens is 5. The second kappa shape index (κ2) is 44.1. The Hall–Kier alpha value is -8.65. The number of nitrogens with zero attached hydrogens (tertiary/aromatic N) is 4. The second-order valence-corrected chi connectivity index (χ2v) is 33.5. The Balaban J connectivity index is 0.000000161. The van der Waals surface area contributed by atoms with Crippen molar-refractivity contribution in [3.8, 4) is 11.1 Å². The van der Waals surface area contributed by atoms with Crippen molar-refractivity contribution in [2.75, 3.05) is 52.4 Å². The Bertz CT molecular complexity index is 4450. The number of carbonyl (C=O) groups excluding carboxylic acids is 4. The molecule has 4 aliphatic rings.